The number of imidazole rings is 1. The quantitative estimate of drug-likeness (QED) is 0.835. The average molecular weight is 271 g/mol. The molecular formula is C15H17N3O2. The highest BCUT2D eigenvalue weighted by molar-refractivity contribution is 5.93. The van der Waals surface area contributed by atoms with Gasteiger partial charge in [-0.15, -0.1) is 0 Å². The normalized spacial score (nSPS) is 19.1. The van der Waals surface area contributed by atoms with Crippen molar-refractivity contribution in [1.29, 1.82) is 0 Å². The molecule has 0 spiro atoms. The van der Waals surface area contributed by atoms with Gasteiger partial charge in [0, 0.05) is 18.8 Å². The Morgan fingerprint density at radius 2 is 2.15 bits per heavy atom. The van der Waals surface area contributed by atoms with Gasteiger partial charge in [0.05, 0.1) is 25.2 Å². The van der Waals surface area contributed by atoms with Gasteiger partial charge in [-0.3, -0.25) is 9.36 Å². The number of morpholine rings is 1. The molecule has 1 aliphatic heterocycles. The molecule has 1 unspecified atom stereocenters. The molecule has 0 saturated carbocycles. The minimum atomic E-state index is 0.00139. The van der Waals surface area contributed by atoms with Crippen molar-refractivity contribution in [3.8, 4) is 5.69 Å². The first-order valence-electron chi connectivity index (χ1n) is 6.74. The molecule has 1 aromatic heterocycles. The Morgan fingerprint density at radius 1 is 1.35 bits per heavy atom. The van der Waals surface area contributed by atoms with E-state index >= 15 is 0 Å². The fraction of sp³-hybridized carbons (Fsp3) is 0.333. The first kappa shape index (κ1) is 12.9. The standard InChI is InChI=1S/C15H17N3O2/c1-12-10-17(7-8-20-12)15(19)14-9-16-11-18(14)13-5-3-2-4-6-13/h2-6,9,11-12H,7-8,10H2,1H3. The van der Waals surface area contributed by atoms with Crippen LogP contribution in [-0.2, 0) is 4.74 Å². The number of carbonyl (C=O) groups excluding carboxylic acids is 1. The van der Waals surface area contributed by atoms with Crippen LogP contribution in [0.1, 0.15) is 17.4 Å². The SMILES string of the molecule is CC1CN(C(=O)c2cncn2-c2ccccc2)CCO1. The second kappa shape index (κ2) is 5.46. The number of para-hydroxylation sites is 1. The lowest BCUT2D eigenvalue weighted by molar-refractivity contribution is -0.0127. The number of rotatable bonds is 2. The molecule has 1 aliphatic rings. The van der Waals surface area contributed by atoms with E-state index in [2.05, 4.69) is 4.98 Å². The maximum atomic E-state index is 12.6. The van der Waals surface area contributed by atoms with Crippen LogP contribution in [0.3, 0.4) is 0 Å². The van der Waals surface area contributed by atoms with Crippen LogP contribution in [0.5, 0.6) is 0 Å². The third kappa shape index (κ3) is 2.44. The number of benzene rings is 1. The van der Waals surface area contributed by atoms with Crippen molar-refractivity contribution in [2.24, 2.45) is 0 Å². The fourth-order valence-electron chi connectivity index (χ4n) is 2.41. The van der Waals surface area contributed by atoms with Crippen LogP contribution in [0.2, 0.25) is 0 Å². The zero-order valence-electron chi connectivity index (χ0n) is 11.4. The Kier molecular flexibility index (Phi) is 3.52. The van der Waals surface area contributed by atoms with E-state index in [0.717, 1.165) is 5.69 Å². The predicted octanol–water partition coefficient (Wildman–Crippen LogP) is 1.73. The van der Waals surface area contributed by atoms with E-state index in [9.17, 15) is 4.79 Å². The van der Waals surface area contributed by atoms with Crippen molar-refractivity contribution >= 4 is 5.91 Å². The third-order valence-electron chi connectivity index (χ3n) is 3.42. The Hall–Kier alpha value is -2.14. The fourth-order valence-corrected chi connectivity index (χ4v) is 2.41. The number of ether oxygens (including phenoxy) is 1. The maximum absolute atomic E-state index is 12.6. The molecule has 1 atom stereocenters. The first-order valence-corrected chi connectivity index (χ1v) is 6.74. The van der Waals surface area contributed by atoms with Crippen LogP contribution in [0, 0.1) is 0 Å². The molecule has 2 heterocycles. The summed E-state index contributed by atoms with van der Waals surface area (Å²) < 4.78 is 7.30. The van der Waals surface area contributed by atoms with Crippen molar-refractivity contribution in [2.45, 2.75) is 13.0 Å². The Labute approximate surface area is 117 Å². The highest BCUT2D eigenvalue weighted by atomic mass is 16.5. The van der Waals surface area contributed by atoms with Gasteiger partial charge in [-0.1, -0.05) is 18.2 Å². The highest BCUT2D eigenvalue weighted by Crippen LogP contribution is 2.14. The van der Waals surface area contributed by atoms with Gasteiger partial charge in [-0.25, -0.2) is 4.98 Å². The molecule has 1 amide bonds. The molecule has 3 rings (SSSR count). The molecule has 1 aromatic carbocycles. The second-order valence-electron chi connectivity index (χ2n) is 4.92. The van der Waals surface area contributed by atoms with E-state index in [1.165, 1.54) is 0 Å². The van der Waals surface area contributed by atoms with Crippen molar-refractivity contribution in [3.05, 3.63) is 48.5 Å². The van der Waals surface area contributed by atoms with Crippen LogP contribution in [0.4, 0.5) is 0 Å². The van der Waals surface area contributed by atoms with Gasteiger partial charge < -0.3 is 9.64 Å². The van der Waals surface area contributed by atoms with Crippen LogP contribution in [0.25, 0.3) is 5.69 Å². The Balaban J connectivity index is 1.88. The van der Waals surface area contributed by atoms with E-state index in [1.54, 1.807) is 12.5 Å². The lowest BCUT2D eigenvalue weighted by atomic mass is 10.2. The van der Waals surface area contributed by atoms with Crippen molar-refractivity contribution in [1.82, 2.24) is 14.5 Å². The summed E-state index contributed by atoms with van der Waals surface area (Å²) in [5, 5.41) is 0. The molecule has 0 aliphatic carbocycles. The molecule has 0 radical (unpaired) electrons. The number of hydrogen-bond acceptors (Lipinski definition) is 3. The number of amides is 1. The first-order chi connectivity index (χ1) is 9.75. The summed E-state index contributed by atoms with van der Waals surface area (Å²) in [5.74, 6) is 0.00139. The van der Waals surface area contributed by atoms with Crippen LogP contribution >= 0.6 is 0 Å². The topological polar surface area (TPSA) is 47.4 Å². The lowest BCUT2D eigenvalue weighted by Gasteiger charge is -2.31. The number of nitrogens with zero attached hydrogens (tertiary/aromatic N) is 3. The Bertz CT molecular complexity index is 594. The monoisotopic (exact) mass is 271 g/mol. The molecule has 0 N–H and O–H groups in total. The summed E-state index contributed by atoms with van der Waals surface area (Å²) in [4.78, 5) is 18.6. The summed E-state index contributed by atoms with van der Waals surface area (Å²) in [6, 6.07) is 9.76. The van der Waals surface area contributed by atoms with Gasteiger partial charge in [0.1, 0.15) is 5.69 Å². The van der Waals surface area contributed by atoms with E-state index in [4.69, 9.17) is 4.74 Å². The van der Waals surface area contributed by atoms with Crippen LogP contribution in [-0.4, -0.2) is 46.2 Å². The molecule has 1 fully saturated rings. The minimum absolute atomic E-state index is 0.00139. The minimum Gasteiger partial charge on any atom is -0.375 e. The van der Waals surface area contributed by atoms with Crippen molar-refractivity contribution < 1.29 is 9.53 Å². The zero-order valence-corrected chi connectivity index (χ0v) is 11.4. The van der Waals surface area contributed by atoms with Gasteiger partial charge in [-0.05, 0) is 19.1 Å². The molecule has 20 heavy (non-hydrogen) atoms. The molecule has 1 saturated heterocycles. The number of aromatic nitrogens is 2. The lowest BCUT2D eigenvalue weighted by Crippen LogP contribution is -2.45. The van der Waals surface area contributed by atoms with Gasteiger partial charge in [0.2, 0.25) is 0 Å². The van der Waals surface area contributed by atoms with E-state index in [0.29, 0.717) is 25.4 Å². The van der Waals surface area contributed by atoms with E-state index in [-0.39, 0.29) is 12.0 Å². The molecule has 5 heteroatoms. The summed E-state index contributed by atoms with van der Waals surface area (Å²) >= 11 is 0. The number of carbonyl (C=O) groups is 1. The van der Waals surface area contributed by atoms with Gasteiger partial charge in [0.15, 0.2) is 0 Å². The van der Waals surface area contributed by atoms with Gasteiger partial charge in [-0.2, -0.15) is 0 Å². The van der Waals surface area contributed by atoms with E-state index < -0.39 is 0 Å². The van der Waals surface area contributed by atoms with Crippen LogP contribution < -0.4 is 0 Å². The van der Waals surface area contributed by atoms with E-state index in [1.807, 2.05) is 46.7 Å². The van der Waals surface area contributed by atoms with Crippen molar-refractivity contribution in [3.63, 3.8) is 0 Å². The van der Waals surface area contributed by atoms with Crippen molar-refractivity contribution in [2.75, 3.05) is 19.7 Å². The highest BCUT2D eigenvalue weighted by Gasteiger charge is 2.24. The second-order valence-corrected chi connectivity index (χ2v) is 4.92. The average Bonchev–Trinajstić information content (AvgIpc) is 2.97. The molecular weight excluding hydrogens is 254 g/mol. The predicted molar refractivity (Wildman–Crippen MR) is 74.9 cm³/mol. The maximum Gasteiger partial charge on any atom is 0.272 e. The van der Waals surface area contributed by atoms with Gasteiger partial charge in [0.25, 0.3) is 5.91 Å². The van der Waals surface area contributed by atoms with Gasteiger partial charge >= 0.3 is 0 Å². The zero-order chi connectivity index (χ0) is 13.9. The Morgan fingerprint density at radius 3 is 2.90 bits per heavy atom. The molecule has 104 valence electrons. The molecule has 5 nitrogen and oxygen atoms in total. The molecule has 2 aromatic rings. The summed E-state index contributed by atoms with van der Waals surface area (Å²) in [6.45, 7) is 3.82. The van der Waals surface area contributed by atoms with Crippen LogP contribution in [0.15, 0.2) is 42.9 Å². The summed E-state index contributed by atoms with van der Waals surface area (Å²) in [5.41, 5.74) is 1.53. The smallest absolute Gasteiger partial charge is 0.272 e. The summed E-state index contributed by atoms with van der Waals surface area (Å²) in [6.07, 6.45) is 3.38. The largest absolute Gasteiger partial charge is 0.375 e. The summed E-state index contributed by atoms with van der Waals surface area (Å²) in [7, 11) is 0. The third-order valence-corrected chi connectivity index (χ3v) is 3.42. The number of hydrogen-bond donors (Lipinski definition) is 0. The molecule has 0 bridgehead atoms.